The van der Waals surface area contributed by atoms with Gasteiger partial charge in [0.15, 0.2) is 0 Å². The highest BCUT2D eigenvalue weighted by Crippen LogP contribution is 2.41. The van der Waals surface area contributed by atoms with E-state index in [4.69, 9.17) is 5.26 Å². The van der Waals surface area contributed by atoms with Gasteiger partial charge in [-0.2, -0.15) is 5.26 Å². The van der Waals surface area contributed by atoms with Crippen LogP contribution in [0.25, 0.3) is 11.6 Å². The summed E-state index contributed by atoms with van der Waals surface area (Å²) in [6.45, 7) is 4.75. The van der Waals surface area contributed by atoms with Crippen LogP contribution in [0.5, 0.6) is 0 Å². The molecule has 1 saturated carbocycles. The predicted octanol–water partition coefficient (Wildman–Crippen LogP) is 4.25. The molecular formula is C26H31N4S+. The molecule has 0 amide bonds. The molecule has 1 aliphatic heterocycles. The number of nitrogens with one attached hydrogen (secondary N) is 1. The molecule has 1 atom stereocenters. The first-order valence-electron chi connectivity index (χ1n) is 11.5. The maximum absolute atomic E-state index is 8.95. The molecule has 0 radical (unpaired) electrons. The number of thiol groups is 1. The Balaban J connectivity index is 1.34. The molecule has 2 heterocycles. The summed E-state index contributed by atoms with van der Waals surface area (Å²) in [5, 5.41) is 14.0. The normalized spacial score (nSPS) is 24.3. The Morgan fingerprint density at radius 3 is 2.65 bits per heavy atom. The van der Waals surface area contributed by atoms with Gasteiger partial charge in [-0.15, -0.1) is 4.31 Å². The standard InChI is InChI=1S/C26H30N4S/c1-26(29-23-10-14-30(15-11-23)31-24-6-7-24)17-22(16-21-9-13-28-18-25(21)26)20-4-2-19(3-5-20)8-12-27/h2-5,9,13,16,18,23-24,29H,6-8,10-11,14-15,17H2,1H3/p+1. The molecule has 5 heteroatoms. The van der Waals surface area contributed by atoms with Crippen molar-refractivity contribution in [2.75, 3.05) is 13.1 Å². The van der Waals surface area contributed by atoms with Crippen LogP contribution in [-0.2, 0) is 23.9 Å². The van der Waals surface area contributed by atoms with E-state index in [9.17, 15) is 0 Å². The highest BCUT2D eigenvalue weighted by Gasteiger charge is 2.39. The summed E-state index contributed by atoms with van der Waals surface area (Å²) in [7, 11) is 0. The third kappa shape index (κ3) is 4.72. The van der Waals surface area contributed by atoms with Gasteiger partial charge in [-0.1, -0.05) is 30.3 Å². The molecular weight excluding hydrogens is 400 g/mol. The minimum absolute atomic E-state index is 0.125. The largest absolute Gasteiger partial charge is 0.304 e. The Labute approximate surface area is 189 Å². The van der Waals surface area contributed by atoms with Gasteiger partial charge < -0.3 is 5.32 Å². The molecule has 31 heavy (non-hydrogen) atoms. The van der Waals surface area contributed by atoms with Crippen molar-refractivity contribution in [1.82, 2.24) is 14.6 Å². The number of nitrogens with zero attached hydrogens (tertiary/aromatic N) is 3. The van der Waals surface area contributed by atoms with Gasteiger partial charge in [-0.25, -0.2) is 0 Å². The smallest absolute Gasteiger partial charge is 0.135 e. The zero-order valence-electron chi connectivity index (χ0n) is 18.2. The van der Waals surface area contributed by atoms with Gasteiger partial charge in [-0.3, -0.25) is 4.98 Å². The highest BCUT2D eigenvalue weighted by molar-refractivity contribution is 7.77. The number of aromatic nitrogens is 1. The molecule has 0 spiro atoms. The first-order chi connectivity index (χ1) is 15.1. The first-order valence-corrected chi connectivity index (χ1v) is 12.4. The fraction of sp³-hybridized carbons (Fsp3) is 0.462. The maximum Gasteiger partial charge on any atom is 0.135 e. The monoisotopic (exact) mass is 431 g/mol. The fourth-order valence-corrected chi connectivity index (χ4v) is 6.25. The zero-order valence-corrected chi connectivity index (χ0v) is 19.1. The summed E-state index contributed by atoms with van der Waals surface area (Å²) in [5.41, 5.74) is 6.11. The molecule has 3 aliphatic rings. The average Bonchev–Trinajstić information content (AvgIpc) is 3.60. The third-order valence-electron chi connectivity index (χ3n) is 6.80. The van der Waals surface area contributed by atoms with Crippen LogP contribution in [0.2, 0.25) is 0 Å². The van der Waals surface area contributed by atoms with Gasteiger partial charge in [0, 0.05) is 49.9 Å². The number of nitriles is 1. The minimum atomic E-state index is -0.125. The van der Waals surface area contributed by atoms with Gasteiger partial charge in [0.05, 0.1) is 24.4 Å². The van der Waals surface area contributed by atoms with Crippen LogP contribution in [0.3, 0.4) is 0 Å². The van der Waals surface area contributed by atoms with Crippen molar-refractivity contribution in [2.24, 2.45) is 0 Å². The number of benzene rings is 1. The van der Waals surface area contributed by atoms with Crippen molar-refractivity contribution in [3.8, 4) is 6.07 Å². The van der Waals surface area contributed by atoms with Crippen molar-refractivity contribution in [3.63, 3.8) is 0 Å². The topological polar surface area (TPSA) is 52.0 Å². The van der Waals surface area contributed by atoms with Gasteiger partial charge in [0.25, 0.3) is 0 Å². The van der Waals surface area contributed by atoms with E-state index in [1.165, 1.54) is 61.0 Å². The Hall–Kier alpha value is -2.13. The van der Waals surface area contributed by atoms with Crippen LogP contribution in [0.4, 0.5) is 0 Å². The first kappa shape index (κ1) is 20.8. The fourth-order valence-electron chi connectivity index (χ4n) is 4.95. The molecule has 4 nitrogen and oxygen atoms in total. The lowest BCUT2D eigenvalue weighted by molar-refractivity contribution is 0.241. The SMILES string of the molecule is CC1(NC2CCN([SH+]C3CC3)CC2)CC(c2ccc(CC#N)cc2)=Cc2ccncc21. The molecule has 5 rings (SSSR count). The summed E-state index contributed by atoms with van der Waals surface area (Å²) in [5.74, 6) is 0. The predicted molar refractivity (Wildman–Crippen MR) is 129 cm³/mol. The van der Waals surface area contributed by atoms with E-state index in [2.05, 4.69) is 64.0 Å². The molecule has 1 N–H and O–H groups in total. The second-order valence-electron chi connectivity index (χ2n) is 9.39. The molecule has 0 bridgehead atoms. The third-order valence-corrected chi connectivity index (χ3v) is 8.37. The van der Waals surface area contributed by atoms with E-state index in [0.717, 1.165) is 17.2 Å². The van der Waals surface area contributed by atoms with Crippen molar-refractivity contribution in [3.05, 3.63) is 65.0 Å². The number of rotatable bonds is 6. The summed E-state index contributed by atoms with van der Waals surface area (Å²) in [6, 6.07) is 13.4. The summed E-state index contributed by atoms with van der Waals surface area (Å²) < 4.78 is 2.64. The summed E-state index contributed by atoms with van der Waals surface area (Å²) in [6.07, 6.45) is 12.9. The van der Waals surface area contributed by atoms with E-state index >= 15 is 0 Å². The van der Waals surface area contributed by atoms with Crippen LogP contribution < -0.4 is 5.32 Å². The van der Waals surface area contributed by atoms with Gasteiger partial charge >= 0.3 is 0 Å². The highest BCUT2D eigenvalue weighted by atomic mass is 32.2. The lowest BCUT2D eigenvalue weighted by Crippen LogP contribution is -2.51. The number of piperidine rings is 1. The van der Waals surface area contributed by atoms with Gasteiger partial charge in [0.2, 0.25) is 0 Å². The van der Waals surface area contributed by atoms with Crippen LogP contribution in [0.1, 0.15) is 61.3 Å². The summed E-state index contributed by atoms with van der Waals surface area (Å²) >= 11 is 1.57. The number of hydrogen-bond donors (Lipinski definition) is 1. The van der Waals surface area contributed by atoms with E-state index in [1.54, 1.807) is 11.9 Å². The van der Waals surface area contributed by atoms with E-state index in [-0.39, 0.29) is 5.54 Å². The Morgan fingerprint density at radius 1 is 1.16 bits per heavy atom. The zero-order chi connectivity index (χ0) is 21.3. The van der Waals surface area contributed by atoms with Gasteiger partial charge in [0.1, 0.15) is 5.25 Å². The Morgan fingerprint density at radius 2 is 1.94 bits per heavy atom. The van der Waals surface area contributed by atoms with Crippen molar-refractivity contribution < 1.29 is 0 Å². The van der Waals surface area contributed by atoms with Crippen LogP contribution >= 0.6 is 0 Å². The maximum atomic E-state index is 8.95. The van der Waals surface area contributed by atoms with Crippen molar-refractivity contribution >= 4 is 23.6 Å². The molecule has 2 fully saturated rings. The number of fused-ring (bicyclic) bond motifs is 1. The molecule has 160 valence electrons. The molecule has 2 aromatic rings. The second kappa shape index (κ2) is 8.78. The van der Waals surface area contributed by atoms with E-state index < -0.39 is 0 Å². The molecule has 1 aromatic carbocycles. The molecule has 2 aliphatic carbocycles. The lowest BCUT2D eigenvalue weighted by atomic mass is 9.76. The quantitative estimate of drug-likeness (QED) is 0.549. The van der Waals surface area contributed by atoms with E-state index in [1.807, 2.05) is 12.4 Å². The Kier molecular flexibility index (Phi) is 5.88. The van der Waals surface area contributed by atoms with Crippen molar-refractivity contribution in [1.29, 1.82) is 5.26 Å². The molecule has 1 saturated heterocycles. The summed E-state index contributed by atoms with van der Waals surface area (Å²) in [4.78, 5) is 4.46. The van der Waals surface area contributed by atoms with E-state index in [0.29, 0.717) is 12.5 Å². The number of hydrogen-bond acceptors (Lipinski definition) is 4. The molecule has 1 aromatic heterocycles. The lowest BCUT2D eigenvalue weighted by Gasteiger charge is -2.41. The van der Waals surface area contributed by atoms with Crippen LogP contribution in [-0.4, -0.2) is 33.7 Å². The van der Waals surface area contributed by atoms with Crippen molar-refractivity contribution in [2.45, 2.75) is 62.3 Å². The minimum Gasteiger partial charge on any atom is -0.304 e. The second-order valence-corrected chi connectivity index (χ2v) is 10.9. The van der Waals surface area contributed by atoms with Crippen LogP contribution in [0, 0.1) is 11.3 Å². The molecule has 1 unspecified atom stereocenters. The Bertz CT molecular complexity index is 997. The van der Waals surface area contributed by atoms with Gasteiger partial charge in [-0.05, 0) is 60.1 Å². The number of pyridine rings is 1. The average molecular weight is 432 g/mol. The van der Waals surface area contributed by atoms with Crippen LogP contribution in [0.15, 0.2) is 42.7 Å².